The fraction of sp³-hybridized carbons (Fsp3) is 0.267. The number of hydrogen-bond donors (Lipinski definition) is 3. The van der Waals surface area contributed by atoms with Crippen molar-refractivity contribution in [1.82, 2.24) is 4.90 Å². The molecular formula is C30H32N4O3S. The number of rotatable bonds is 10. The van der Waals surface area contributed by atoms with Gasteiger partial charge in [-0.2, -0.15) is 0 Å². The highest BCUT2D eigenvalue weighted by molar-refractivity contribution is 7.20. The molecule has 1 saturated heterocycles. The fourth-order valence-electron chi connectivity index (χ4n) is 4.58. The van der Waals surface area contributed by atoms with Gasteiger partial charge in [0.05, 0.1) is 18.1 Å². The predicted molar refractivity (Wildman–Crippen MR) is 153 cm³/mol. The summed E-state index contributed by atoms with van der Waals surface area (Å²) in [6, 6.07) is 25.8. The summed E-state index contributed by atoms with van der Waals surface area (Å²) in [7, 11) is 0. The van der Waals surface area contributed by atoms with Crippen LogP contribution in [0.4, 0.5) is 5.69 Å². The Hall–Kier alpha value is -3.72. The molecule has 3 aromatic carbocycles. The molecule has 0 spiro atoms. The molecule has 1 atom stereocenters. The van der Waals surface area contributed by atoms with E-state index in [0.29, 0.717) is 17.7 Å². The van der Waals surface area contributed by atoms with E-state index in [1.165, 1.54) is 16.9 Å². The number of ether oxygens (including phenoxy) is 2. The maximum absolute atomic E-state index is 12.9. The Morgan fingerprint density at radius 1 is 1.05 bits per heavy atom. The number of nitrogens with zero attached hydrogens (tertiary/aromatic N) is 1. The number of fused-ring (bicyclic) bond motifs is 1. The van der Waals surface area contributed by atoms with Crippen molar-refractivity contribution in [2.24, 2.45) is 5.73 Å². The number of carbonyl (C=O) groups is 1. The second-order valence-electron chi connectivity index (χ2n) is 9.38. The van der Waals surface area contributed by atoms with Crippen LogP contribution in [0.5, 0.6) is 5.75 Å². The van der Waals surface area contributed by atoms with Gasteiger partial charge >= 0.3 is 0 Å². The van der Waals surface area contributed by atoms with Crippen molar-refractivity contribution in [3.63, 3.8) is 0 Å². The summed E-state index contributed by atoms with van der Waals surface area (Å²) in [5.41, 5.74) is 8.73. The van der Waals surface area contributed by atoms with Crippen LogP contribution in [0.1, 0.15) is 34.9 Å². The summed E-state index contributed by atoms with van der Waals surface area (Å²) in [5, 5.41) is 11.7. The highest BCUT2D eigenvalue weighted by Gasteiger charge is 2.18. The van der Waals surface area contributed by atoms with Crippen molar-refractivity contribution in [3.05, 3.63) is 94.9 Å². The molecule has 1 fully saturated rings. The lowest BCUT2D eigenvalue weighted by atomic mass is 10.0. The number of amides is 1. The maximum Gasteiger partial charge on any atom is 0.224 e. The number of nitrogens with one attached hydrogen (secondary N) is 2. The molecule has 1 aromatic heterocycles. The zero-order valence-electron chi connectivity index (χ0n) is 21.2. The summed E-state index contributed by atoms with van der Waals surface area (Å²) in [6.45, 7) is 4.34. The van der Waals surface area contributed by atoms with Gasteiger partial charge in [-0.3, -0.25) is 15.1 Å². The van der Waals surface area contributed by atoms with Crippen LogP contribution in [0, 0.1) is 5.41 Å². The largest absolute Gasteiger partial charge is 0.485 e. The third-order valence-corrected chi connectivity index (χ3v) is 7.74. The maximum atomic E-state index is 12.9. The summed E-state index contributed by atoms with van der Waals surface area (Å²) in [4.78, 5) is 16.0. The number of carbonyl (C=O) groups excluding carboxylic acids is 1. The standard InChI is InChI=1S/C30H32N4O3S/c31-30(32)28-19-24-26(7-4-8-27(24)38-28)37-25(22-5-2-1-3-6-22)13-14-29(35)33-23-11-9-21(10-12-23)20-34-15-17-36-18-16-34/h1-12,19,25H,13-18,20H2,(H3,31,32)(H,33,35). The van der Waals surface area contributed by atoms with E-state index in [1.54, 1.807) is 0 Å². The SMILES string of the molecule is N=C(N)c1cc2c(OC(CCC(=O)Nc3ccc(CN4CCOCC4)cc3)c3ccccc3)cccc2s1. The molecule has 196 valence electrons. The second kappa shape index (κ2) is 12.2. The van der Waals surface area contributed by atoms with Crippen LogP contribution >= 0.6 is 11.3 Å². The molecule has 8 heteroatoms. The molecule has 0 bridgehead atoms. The third kappa shape index (κ3) is 6.58. The molecule has 1 unspecified atom stereocenters. The number of nitrogens with two attached hydrogens (primary N) is 1. The zero-order valence-corrected chi connectivity index (χ0v) is 22.0. The van der Waals surface area contributed by atoms with Gasteiger partial charge in [0.1, 0.15) is 17.7 Å². The quantitative estimate of drug-likeness (QED) is 0.185. The van der Waals surface area contributed by atoms with Crippen LogP contribution in [0.2, 0.25) is 0 Å². The minimum absolute atomic E-state index is 0.0440. The zero-order chi connectivity index (χ0) is 26.3. The Labute approximate surface area is 226 Å². The van der Waals surface area contributed by atoms with E-state index >= 15 is 0 Å². The number of amidine groups is 1. The molecule has 1 aliphatic heterocycles. The van der Waals surface area contributed by atoms with E-state index in [-0.39, 0.29) is 17.8 Å². The van der Waals surface area contributed by atoms with Crippen LogP contribution < -0.4 is 15.8 Å². The van der Waals surface area contributed by atoms with Crippen molar-refractivity contribution >= 4 is 38.9 Å². The molecule has 4 N–H and O–H groups in total. The first kappa shape index (κ1) is 25.9. The van der Waals surface area contributed by atoms with Crippen LogP contribution in [0.25, 0.3) is 10.1 Å². The first-order valence-electron chi connectivity index (χ1n) is 12.8. The lowest BCUT2D eigenvalue weighted by molar-refractivity contribution is -0.116. The minimum Gasteiger partial charge on any atom is -0.485 e. The number of morpholine rings is 1. The van der Waals surface area contributed by atoms with E-state index in [1.807, 2.05) is 66.7 Å². The summed E-state index contributed by atoms with van der Waals surface area (Å²) < 4.78 is 12.9. The molecule has 1 aliphatic rings. The predicted octanol–water partition coefficient (Wildman–Crippen LogP) is 5.56. The number of thiophene rings is 1. The molecule has 2 heterocycles. The van der Waals surface area contributed by atoms with E-state index in [4.69, 9.17) is 20.6 Å². The smallest absolute Gasteiger partial charge is 0.224 e. The van der Waals surface area contributed by atoms with Crippen molar-refractivity contribution < 1.29 is 14.3 Å². The van der Waals surface area contributed by atoms with Crippen molar-refractivity contribution in [2.45, 2.75) is 25.5 Å². The number of benzene rings is 3. The van der Waals surface area contributed by atoms with Crippen LogP contribution in [-0.4, -0.2) is 42.9 Å². The second-order valence-corrected chi connectivity index (χ2v) is 10.5. The van der Waals surface area contributed by atoms with E-state index < -0.39 is 0 Å². The van der Waals surface area contributed by atoms with Gasteiger partial charge in [0.25, 0.3) is 0 Å². The first-order valence-corrected chi connectivity index (χ1v) is 13.6. The Bertz CT molecular complexity index is 1380. The Balaban J connectivity index is 1.23. The molecule has 0 radical (unpaired) electrons. The van der Waals surface area contributed by atoms with Gasteiger partial charge in [0.2, 0.25) is 5.91 Å². The average molecular weight is 529 g/mol. The number of hydrogen-bond acceptors (Lipinski definition) is 6. The van der Waals surface area contributed by atoms with Gasteiger partial charge in [0.15, 0.2) is 0 Å². The van der Waals surface area contributed by atoms with Crippen LogP contribution in [-0.2, 0) is 16.1 Å². The van der Waals surface area contributed by atoms with Crippen molar-refractivity contribution in [2.75, 3.05) is 31.6 Å². The molecule has 7 nitrogen and oxygen atoms in total. The van der Waals surface area contributed by atoms with Crippen LogP contribution in [0.3, 0.4) is 0 Å². The first-order chi connectivity index (χ1) is 18.5. The van der Waals surface area contributed by atoms with Crippen molar-refractivity contribution in [3.8, 4) is 5.75 Å². The molecule has 1 amide bonds. The highest BCUT2D eigenvalue weighted by Crippen LogP contribution is 2.36. The monoisotopic (exact) mass is 528 g/mol. The van der Waals surface area contributed by atoms with E-state index in [9.17, 15) is 4.79 Å². The van der Waals surface area contributed by atoms with Crippen LogP contribution in [0.15, 0.2) is 78.9 Å². The van der Waals surface area contributed by atoms with Gasteiger partial charge in [-0.15, -0.1) is 11.3 Å². The summed E-state index contributed by atoms with van der Waals surface area (Å²) in [6.07, 6.45) is 0.530. The fourth-order valence-corrected chi connectivity index (χ4v) is 5.52. The minimum atomic E-state index is -0.302. The lowest BCUT2D eigenvalue weighted by Gasteiger charge is -2.26. The van der Waals surface area contributed by atoms with Gasteiger partial charge < -0.3 is 20.5 Å². The highest BCUT2D eigenvalue weighted by atomic mass is 32.1. The molecule has 38 heavy (non-hydrogen) atoms. The molecule has 0 saturated carbocycles. The Morgan fingerprint density at radius 3 is 2.55 bits per heavy atom. The topological polar surface area (TPSA) is 101 Å². The molecule has 5 rings (SSSR count). The molecule has 0 aliphatic carbocycles. The van der Waals surface area contributed by atoms with Gasteiger partial charge in [-0.25, -0.2) is 0 Å². The summed E-state index contributed by atoms with van der Waals surface area (Å²) >= 11 is 1.47. The number of anilines is 1. The van der Waals surface area contributed by atoms with Crippen molar-refractivity contribution in [1.29, 1.82) is 5.41 Å². The average Bonchev–Trinajstić information content (AvgIpc) is 3.39. The molecular weight excluding hydrogens is 496 g/mol. The van der Waals surface area contributed by atoms with Gasteiger partial charge in [0, 0.05) is 41.8 Å². The third-order valence-electron chi connectivity index (χ3n) is 6.61. The Kier molecular flexibility index (Phi) is 8.33. The van der Waals surface area contributed by atoms with E-state index in [2.05, 4.69) is 22.3 Å². The van der Waals surface area contributed by atoms with Gasteiger partial charge in [-0.1, -0.05) is 48.5 Å². The summed E-state index contributed by atoms with van der Waals surface area (Å²) in [5.74, 6) is 0.710. The number of nitrogen functional groups attached to an aromatic ring is 1. The van der Waals surface area contributed by atoms with E-state index in [0.717, 1.165) is 59.9 Å². The van der Waals surface area contributed by atoms with Gasteiger partial charge in [-0.05, 0) is 47.9 Å². The lowest BCUT2D eigenvalue weighted by Crippen LogP contribution is -2.35. The molecule has 4 aromatic rings. The normalized spacial score (nSPS) is 14.7. The Morgan fingerprint density at radius 2 is 1.82 bits per heavy atom.